The lowest BCUT2D eigenvalue weighted by Crippen LogP contribution is -2.42. The van der Waals surface area contributed by atoms with Crippen molar-refractivity contribution >= 4 is 5.91 Å². The fourth-order valence-electron chi connectivity index (χ4n) is 1.72. The summed E-state index contributed by atoms with van der Waals surface area (Å²) in [4.78, 5) is 15.2. The van der Waals surface area contributed by atoms with Gasteiger partial charge in [0, 0.05) is 13.6 Å². The lowest BCUT2D eigenvalue weighted by molar-refractivity contribution is -0.133. The molecule has 4 heteroatoms. The van der Waals surface area contributed by atoms with Gasteiger partial charge in [-0.05, 0) is 19.0 Å². The predicted octanol–water partition coefficient (Wildman–Crippen LogP) is 0.0450. The van der Waals surface area contributed by atoms with Gasteiger partial charge in [0.25, 0.3) is 0 Å². The van der Waals surface area contributed by atoms with Gasteiger partial charge >= 0.3 is 0 Å². The van der Waals surface area contributed by atoms with Crippen LogP contribution in [0.25, 0.3) is 0 Å². The Morgan fingerprint density at radius 2 is 2.50 bits per heavy atom. The average Bonchev–Trinajstić information content (AvgIpc) is 2.65. The minimum atomic E-state index is 0.0284. The molecule has 0 bridgehead atoms. The predicted molar refractivity (Wildman–Crippen MR) is 54.6 cm³/mol. The maximum Gasteiger partial charge on any atom is 0.242 e. The summed E-state index contributed by atoms with van der Waals surface area (Å²) in [5, 5.41) is 9.05. The second kappa shape index (κ2) is 5.00. The number of carbonyl (C=O) groups excluding carboxylic acids is 1. The Hall–Kier alpha value is -1.03. The summed E-state index contributed by atoms with van der Waals surface area (Å²) >= 11 is 0. The van der Waals surface area contributed by atoms with E-state index in [1.807, 2.05) is 7.05 Å². The smallest absolute Gasteiger partial charge is 0.242 e. The van der Waals surface area contributed by atoms with E-state index in [0.717, 1.165) is 19.4 Å². The van der Waals surface area contributed by atoms with Crippen molar-refractivity contribution in [3.63, 3.8) is 0 Å². The zero-order valence-corrected chi connectivity index (χ0v) is 8.65. The number of aliphatic hydroxyl groups is 1. The van der Waals surface area contributed by atoms with Crippen LogP contribution in [0.1, 0.15) is 12.8 Å². The van der Waals surface area contributed by atoms with Gasteiger partial charge in [0.2, 0.25) is 5.91 Å². The van der Waals surface area contributed by atoms with Gasteiger partial charge in [-0.3, -0.25) is 4.79 Å². The number of amides is 1. The zero-order valence-electron chi connectivity index (χ0n) is 8.65. The number of rotatable bonds is 4. The summed E-state index contributed by atoms with van der Waals surface area (Å²) in [6.45, 7) is 4.78. The molecule has 1 rings (SSSR count). The Kier molecular flexibility index (Phi) is 3.95. The highest BCUT2D eigenvalue weighted by Crippen LogP contribution is 2.16. The van der Waals surface area contributed by atoms with Crippen LogP contribution in [0.2, 0.25) is 0 Å². The van der Waals surface area contributed by atoms with Crippen molar-refractivity contribution in [2.24, 2.45) is 0 Å². The van der Waals surface area contributed by atoms with Crippen LogP contribution in [0.4, 0.5) is 0 Å². The molecular formula is C10H18N2O2. The highest BCUT2D eigenvalue weighted by atomic mass is 16.3. The van der Waals surface area contributed by atoms with E-state index >= 15 is 0 Å². The summed E-state index contributed by atoms with van der Waals surface area (Å²) in [5.74, 6) is 0.0731. The van der Waals surface area contributed by atoms with Crippen molar-refractivity contribution in [1.29, 1.82) is 0 Å². The van der Waals surface area contributed by atoms with E-state index in [-0.39, 0.29) is 18.6 Å². The van der Waals surface area contributed by atoms with Crippen molar-refractivity contribution in [3.8, 4) is 0 Å². The van der Waals surface area contributed by atoms with E-state index in [9.17, 15) is 4.79 Å². The summed E-state index contributed by atoms with van der Waals surface area (Å²) in [6, 6.07) is 0.0284. The van der Waals surface area contributed by atoms with Crippen LogP contribution in [0.15, 0.2) is 12.8 Å². The number of aliphatic hydroxyl groups excluding tert-OH is 1. The molecule has 1 fully saturated rings. The third kappa shape index (κ3) is 2.48. The SMILES string of the molecule is C=CN(C)CC(=O)N1CCCC1CO. The summed E-state index contributed by atoms with van der Waals surface area (Å²) in [6.07, 6.45) is 3.54. The molecule has 1 aliphatic rings. The topological polar surface area (TPSA) is 43.8 Å². The largest absolute Gasteiger partial charge is 0.394 e. The van der Waals surface area contributed by atoms with E-state index in [1.165, 1.54) is 0 Å². The second-order valence-corrected chi connectivity index (χ2v) is 3.66. The number of likely N-dealkylation sites (tertiary alicyclic amines) is 1. The Labute approximate surface area is 84.8 Å². The second-order valence-electron chi connectivity index (χ2n) is 3.66. The quantitative estimate of drug-likeness (QED) is 0.694. The van der Waals surface area contributed by atoms with Crippen LogP contribution in [0.5, 0.6) is 0 Å². The maximum absolute atomic E-state index is 11.7. The van der Waals surface area contributed by atoms with Gasteiger partial charge in [-0.2, -0.15) is 0 Å². The Morgan fingerprint density at radius 3 is 3.07 bits per heavy atom. The Morgan fingerprint density at radius 1 is 1.79 bits per heavy atom. The average molecular weight is 198 g/mol. The lowest BCUT2D eigenvalue weighted by Gasteiger charge is -2.25. The van der Waals surface area contributed by atoms with Crippen molar-refractivity contribution in [2.75, 3.05) is 26.7 Å². The fourth-order valence-corrected chi connectivity index (χ4v) is 1.72. The zero-order chi connectivity index (χ0) is 10.6. The standard InChI is InChI=1S/C10H18N2O2/c1-3-11(2)7-10(14)12-6-4-5-9(12)8-13/h3,9,13H,1,4-8H2,2H3. The van der Waals surface area contributed by atoms with Gasteiger partial charge < -0.3 is 14.9 Å². The first-order valence-electron chi connectivity index (χ1n) is 4.92. The molecule has 80 valence electrons. The van der Waals surface area contributed by atoms with Crippen LogP contribution in [-0.4, -0.2) is 53.6 Å². The molecule has 0 aromatic heterocycles. The summed E-state index contributed by atoms with van der Waals surface area (Å²) in [7, 11) is 1.81. The Bertz CT molecular complexity index is 218. The summed E-state index contributed by atoms with van der Waals surface area (Å²) in [5.41, 5.74) is 0. The molecule has 0 spiro atoms. The fraction of sp³-hybridized carbons (Fsp3) is 0.700. The monoisotopic (exact) mass is 198 g/mol. The number of nitrogens with zero attached hydrogens (tertiary/aromatic N) is 2. The van der Waals surface area contributed by atoms with E-state index < -0.39 is 0 Å². The molecule has 0 aromatic rings. The van der Waals surface area contributed by atoms with Gasteiger partial charge in [0.05, 0.1) is 19.2 Å². The minimum absolute atomic E-state index is 0.0284. The third-order valence-corrected chi connectivity index (χ3v) is 2.60. The molecule has 0 saturated carbocycles. The molecule has 1 heterocycles. The van der Waals surface area contributed by atoms with Gasteiger partial charge in [0.1, 0.15) is 0 Å². The molecule has 1 saturated heterocycles. The van der Waals surface area contributed by atoms with Gasteiger partial charge in [-0.25, -0.2) is 0 Å². The van der Waals surface area contributed by atoms with Crippen LogP contribution in [0.3, 0.4) is 0 Å². The molecule has 14 heavy (non-hydrogen) atoms. The van der Waals surface area contributed by atoms with E-state index in [0.29, 0.717) is 6.54 Å². The van der Waals surface area contributed by atoms with Crippen molar-refractivity contribution < 1.29 is 9.90 Å². The normalized spacial score (nSPS) is 21.0. The van der Waals surface area contributed by atoms with Gasteiger partial charge in [-0.1, -0.05) is 6.58 Å². The molecule has 1 aliphatic heterocycles. The molecule has 1 N–H and O–H groups in total. The molecule has 1 atom stereocenters. The van der Waals surface area contributed by atoms with E-state index in [2.05, 4.69) is 6.58 Å². The number of likely N-dealkylation sites (N-methyl/N-ethyl adjacent to an activating group) is 1. The maximum atomic E-state index is 11.7. The molecule has 0 radical (unpaired) electrons. The number of carbonyl (C=O) groups is 1. The Balaban J connectivity index is 2.47. The molecule has 4 nitrogen and oxygen atoms in total. The number of hydrogen-bond acceptors (Lipinski definition) is 3. The molecule has 0 aliphatic carbocycles. The van der Waals surface area contributed by atoms with Crippen molar-refractivity contribution in [1.82, 2.24) is 9.80 Å². The van der Waals surface area contributed by atoms with Crippen LogP contribution < -0.4 is 0 Å². The van der Waals surface area contributed by atoms with Gasteiger partial charge in [0.15, 0.2) is 0 Å². The minimum Gasteiger partial charge on any atom is -0.394 e. The number of hydrogen-bond donors (Lipinski definition) is 1. The van der Waals surface area contributed by atoms with Crippen LogP contribution in [0, 0.1) is 0 Å². The highest BCUT2D eigenvalue weighted by molar-refractivity contribution is 5.79. The molecular weight excluding hydrogens is 180 g/mol. The molecule has 0 aromatic carbocycles. The van der Waals surface area contributed by atoms with E-state index in [1.54, 1.807) is 16.0 Å². The first kappa shape index (κ1) is 11.0. The third-order valence-electron chi connectivity index (χ3n) is 2.60. The van der Waals surface area contributed by atoms with Crippen molar-refractivity contribution in [3.05, 3.63) is 12.8 Å². The van der Waals surface area contributed by atoms with E-state index in [4.69, 9.17) is 5.11 Å². The van der Waals surface area contributed by atoms with Crippen molar-refractivity contribution in [2.45, 2.75) is 18.9 Å². The van der Waals surface area contributed by atoms with Crippen LogP contribution >= 0.6 is 0 Å². The summed E-state index contributed by atoms with van der Waals surface area (Å²) < 4.78 is 0. The first-order chi connectivity index (χ1) is 6.69. The highest BCUT2D eigenvalue weighted by Gasteiger charge is 2.27. The molecule has 1 amide bonds. The lowest BCUT2D eigenvalue weighted by atomic mass is 10.2. The van der Waals surface area contributed by atoms with Crippen LogP contribution in [-0.2, 0) is 4.79 Å². The molecule has 1 unspecified atom stereocenters. The van der Waals surface area contributed by atoms with Gasteiger partial charge in [-0.15, -0.1) is 0 Å². The first-order valence-corrected chi connectivity index (χ1v) is 4.92.